The number of nitrogens with zero attached hydrogens (tertiary/aromatic N) is 1. The van der Waals surface area contributed by atoms with Gasteiger partial charge >= 0.3 is 5.76 Å². The smallest absolute Gasteiger partial charge is 0.408 e. The van der Waals surface area contributed by atoms with Crippen LogP contribution in [0.4, 0.5) is 0 Å². The average Bonchev–Trinajstić information content (AvgIpc) is 3.18. The maximum absolute atomic E-state index is 11.7. The lowest BCUT2D eigenvalue weighted by Crippen LogP contribution is -2.19. The highest BCUT2D eigenvalue weighted by Crippen LogP contribution is 2.52. The summed E-state index contributed by atoms with van der Waals surface area (Å²) in [5.41, 5.74) is 2.28. The Morgan fingerprint density at radius 3 is 2.90 bits per heavy atom. The highest BCUT2D eigenvalue weighted by molar-refractivity contribution is 5.73. The predicted molar refractivity (Wildman–Crippen MR) is 80.0 cm³/mol. The molecule has 2 aliphatic carbocycles. The first-order valence-electron chi connectivity index (χ1n) is 7.98. The largest absolute Gasteiger partial charge is 0.419 e. The summed E-state index contributed by atoms with van der Waals surface area (Å²) in [5.74, 6) is 1.55. The predicted octanol–water partition coefficient (Wildman–Crippen LogP) is 3.08. The van der Waals surface area contributed by atoms with Crippen molar-refractivity contribution in [3.63, 3.8) is 0 Å². The molecule has 4 unspecified atom stereocenters. The van der Waals surface area contributed by atoms with E-state index in [0.717, 1.165) is 23.4 Å². The van der Waals surface area contributed by atoms with E-state index in [1.165, 1.54) is 19.3 Å². The fourth-order valence-electron chi connectivity index (χ4n) is 4.49. The van der Waals surface area contributed by atoms with Gasteiger partial charge in [0.15, 0.2) is 5.58 Å². The molecule has 2 fully saturated rings. The van der Waals surface area contributed by atoms with Crippen LogP contribution in [0.25, 0.3) is 11.1 Å². The number of hydrogen-bond donors (Lipinski definition) is 1. The van der Waals surface area contributed by atoms with Crippen molar-refractivity contribution in [3.8, 4) is 0 Å². The van der Waals surface area contributed by atoms with E-state index >= 15 is 0 Å². The van der Waals surface area contributed by atoms with Crippen molar-refractivity contribution in [1.82, 2.24) is 4.57 Å². The van der Waals surface area contributed by atoms with Gasteiger partial charge in [-0.25, -0.2) is 4.79 Å². The van der Waals surface area contributed by atoms with Gasteiger partial charge < -0.3 is 9.52 Å². The van der Waals surface area contributed by atoms with Crippen molar-refractivity contribution in [2.45, 2.75) is 45.3 Å². The fraction of sp³-hybridized carbons (Fsp3) is 0.588. The minimum absolute atomic E-state index is 0.320. The van der Waals surface area contributed by atoms with Gasteiger partial charge in [-0.05, 0) is 61.6 Å². The van der Waals surface area contributed by atoms with Gasteiger partial charge in [-0.3, -0.25) is 4.57 Å². The summed E-state index contributed by atoms with van der Waals surface area (Å²) in [6, 6.07) is 5.69. The molecule has 0 amide bonds. The number of aliphatic hydroxyl groups excluding tert-OH is 1. The Bertz CT molecular complexity index is 729. The molecular weight excluding hydrogens is 266 g/mol. The van der Waals surface area contributed by atoms with Crippen molar-refractivity contribution in [3.05, 3.63) is 34.3 Å². The van der Waals surface area contributed by atoms with E-state index in [1.807, 2.05) is 25.1 Å². The molecule has 2 saturated carbocycles. The van der Waals surface area contributed by atoms with Gasteiger partial charge in [-0.15, -0.1) is 0 Å². The summed E-state index contributed by atoms with van der Waals surface area (Å²) in [4.78, 5) is 11.7. The molecule has 0 radical (unpaired) electrons. The number of aliphatic hydroxyl groups is 1. The van der Waals surface area contributed by atoms with Gasteiger partial charge in [0.1, 0.15) is 0 Å². The second kappa shape index (κ2) is 4.73. The number of aryl methyl sites for hydroxylation is 1. The Labute approximate surface area is 123 Å². The molecule has 2 bridgehead atoms. The monoisotopic (exact) mass is 287 g/mol. The van der Waals surface area contributed by atoms with Crippen LogP contribution in [0.15, 0.2) is 27.4 Å². The molecular formula is C17H21NO3. The van der Waals surface area contributed by atoms with Crippen LogP contribution in [0.2, 0.25) is 0 Å². The van der Waals surface area contributed by atoms with Gasteiger partial charge in [0, 0.05) is 6.54 Å². The zero-order valence-corrected chi connectivity index (χ0v) is 12.3. The number of aromatic nitrogens is 1. The van der Waals surface area contributed by atoms with Crippen LogP contribution in [0, 0.1) is 17.8 Å². The van der Waals surface area contributed by atoms with Crippen molar-refractivity contribution in [1.29, 1.82) is 0 Å². The average molecular weight is 287 g/mol. The molecule has 0 aliphatic heterocycles. The standard InChI is InChI=1S/C17H21NO3/c1-2-18-14-6-5-12(9-15(14)21-17(18)20)16(19)13-8-10-3-4-11(13)7-10/h5-6,9-11,13,16,19H,2-4,7-8H2,1H3. The molecule has 4 rings (SSSR count). The van der Waals surface area contributed by atoms with Gasteiger partial charge in [0.05, 0.1) is 11.6 Å². The maximum atomic E-state index is 11.7. The molecule has 1 N–H and O–H groups in total. The molecule has 0 spiro atoms. The van der Waals surface area contributed by atoms with E-state index in [1.54, 1.807) is 4.57 Å². The summed E-state index contributed by atoms with van der Waals surface area (Å²) >= 11 is 0. The van der Waals surface area contributed by atoms with Crippen molar-refractivity contribution < 1.29 is 9.52 Å². The van der Waals surface area contributed by atoms with E-state index in [4.69, 9.17) is 4.42 Å². The number of rotatable bonds is 3. The van der Waals surface area contributed by atoms with Crippen molar-refractivity contribution >= 4 is 11.1 Å². The summed E-state index contributed by atoms with van der Waals surface area (Å²) in [6.07, 6.45) is 4.59. The van der Waals surface area contributed by atoms with Crippen LogP contribution in [0.1, 0.15) is 44.3 Å². The van der Waals surface area contributed by atoms with Crippen molar-refractivity contribution in [2.75, 3.05) is 0 Å². The minimum Gasteiger partial charge on any atom is -0.408 e. The first-order chi connectivity index (χ1) is 10.2. The van der Waals surface area contributed by atoms with Crippen LogP contribution >= 0.6 is 0 Å². The molecule has 112 valence electrons. The molecule has 21 heavy (non-hydrogen) atoms. The molecule has 4 heteroatoms. The first kappa shape index (κ1) is 13.1. The Balaban J connectivity index is 1.69. The molecule has 2 aromatic rings. The van der Waals surface area contributed by atoms with Crippen LogP contribution in [0.3, 0.4) is 0 Å². The summed E-state index contributed by atoms with van der Waals surface area (Å²) < 4.78 is 6.92. The lowest BCUT2D eigenvalue weighted by Gasteiger charge is -2.27. The Morgan fingerprint density at radius 2 is 2.24 bits per heavy atom. The number of hydrogen-bond acceptors (Lipinski definition) is 3. The molecule has 4 nitrogen and oxygen atoms in total. The van der Waals surface area contributed by atoms with Crippen LogP contribution in [0.5, 0.6) is 0 Å². The molecule has 4 atom stereocenters. The highest BCUT2D eigenvalue weighted by atomic mass is 16.4. The Hall–Kier alpha value is -1.55. The molecule has 1 heterocycles. The van der Waals surface area contributed by atoms with E-state index in [9.17, 15) is 9.90 Å². The molecule has 2 aliphatic rings. The number of fused-ring (bicyclic) bond motifs is 3. The van der Waals surface area contributed by atoms with Gasteiger partial charge in [-0.2, -0.15) is 0 Å². The SMILES string of the molecule is CCn1c(=O)oc2cc(C(O)C3CC4CCC3C4)ccc21. The van der Waals surface area contributed by atoms with Gasteiger partial charge in [0.25, 0.3) is 0 Å². The van der Waals surface area contributed by atoms with Crippen LogP contribution < -0.4 is 5.76 Å². The second-order valence-corrected chi connectivity index (χ2v) is 6.62. The summed E-state index contributed by atoms with van der Waals surface area (Å²) in [7, 11) is 0. The van der Waals surface area contributed by atoms with E-state index in [-0.39, 0.29) is 5.76 Å². The lowest BCUT2D eigenvalue weighted by molar-refractivity contribution is 0.0745. The number of oxazole rings is 1. The van der Waals surface area contributed by atoms with Crippen LogP contribution in [-0.2, 0) is 6.54 Å². The van der Waals surface area contributed by atoms with Crippen molar-refractivity contribution in [2.24, 2.45) is 17.8 Å². The quantitative estimate of drug-likeness (QED) is 0.943. The zero-order valence-electron chi connectivity index (χ0n) is 12.3. The van der Waals surface area contributed by atoms with E-state index in [0.29, 0.717) is 24.0 Å². The Kier molecular flexibility index (Phi) is 2.96. The highest BCUT2D eigenvalue weighted by Gasteiger charge is 2.43. The third kappa shape index (κ3) is 1.96. The molecule has 1 aromatic carbocycles. The minimum atomic E-state index is -0.431. The normalized spacial score (nSPS) is 29.3. The van der Waals surface area contributed by atoms with Gasteiger partial charge in [-0.1, -0.05) is 12.5 Å². The van der Waals surface area contributed by atoms with Crippen LogP contribution in [-0.4, -0.2) is 9.67 Å². The third-order valence-corrected chi connectivity index (χ3v) is 5.55. The summed E-state index contributed by atoms with van der Waals surface area (Å²) in [5, 5.41) is 10.7. The topological polar surface area (TPSA) is 55.4 Å². The van der Waals surface area contributed by atoms with Gasteiger partial charge in [0.2, 0.25) is 0 Å². The molecule has 0 saturated heterocycles. The lowest BCUT2D eigenvalue weighted by atomic mass is 9.82. The molecule has 1 aromatic heterocycles. The van der Waals surface area contributed by atoms with E-state index < -0.39 is 6.10 Å². The second-order valence-electron chi connectivity index (χ2n) is 6.62. The third-order valence-electron chi connectivity index (χ3n) is 5.55. The zero-order chi connectivity index (χ0) is 14.6. The maximum Gasteiger partial charge on any atom is 0.419 e. The summed E-state index contributed by atoms with van der Waals surface area (Å²) in [6.45, 7) is 2.52. The Morgan fingerprint density at radius 1 is 1.38 bits per heavy atom. The number of benzene rings is 1. The fourth-order valence-corrected chi connectivity index (χ4v) is 4.49. The van der Waals surface area contributed by atoms with E-state index in [2.05, 4.69) is 0 Å². The first-order valence-corrected chi connectivity index (χ1v) is 7.98.